The first-order valence-electron chi connectivity index (χ1n) is 9.41. The van der Waals surface area contributed by atoms with Crippen LogP contribution >= 0.6 is 0 Å². The first-order chi connectivity index (χ1) is 13.6. The molecule has 2 fully saturated rings. The number of rotatable bonds is 2. The summed E-state index contributed by atoms with van der Waals surface area (Å²) in [6.07, 6.45) is 2.98. The van der Waals surface area contributed by atoms with Gasteiger partial charge < -0.3 is 18.8 Å². The van der Waals surface area contributed by atoms with Crippen molar-refractivity contribution in [3.8, 4) is 0 Å². The van der Waals surface area contributed by atoms with Crippen LogP contribution < -0.4 is 5.56 Å². The lowest BCUT2D eigenvalue weighted by molar-refractivity contribution is -0.187. The number of hydrogen-bond donors (Lipinski definition) is 0. The molecule has 0 atom stereocenters. The molecule has 28 heavy (non-hydrogen) atoms. The van der Waals surface area contributed by atoms with Crippen molar-refractivity contribution < 1.29 is 18.7 Å². The number of nitrogens with zero attached hydrogens (tertiary/aromatic N) is 3. The van der Waals surface area contributed by atoms with Crippen molar-refractivity contribution in [3.05, 3.63) is 52.7 Å². The summed E-state index contributed by atoms with van der Waals surface area (Å²) in [6.45, 7) is 2.05. The molecule has 0 unspecified atom stereocenters. The van der Waals surface area contributed by atoms with E-state index >= 15 is 0 Å². The van der Waals surface area contributed by atoms with E-state index in [9.17, 15) is 14.0 Å². The van der Waals surface area contributed by atoms with Gasteiger partial charge in [-0.25, -0.2) is 4.39 Å². The predicted molar refractivity (Wildman–Crippen MR) is 99.6 cm³/mol. The predicted octanol–water partition coefficient (Wildman–Crippen LogP) is 1.76. The molecule has 8 heteroatoms. The van der Waals surface area contributed by atoms with Gasteiger partial charge >= 0.3 is 0 Å². The van der Waals surface area contributed by atoms with Gasteiger partial charge in [-0.2, -0.15) is 0 Å². The van der Waals surface area contributed by atoms with Crippen LogP contribution in [0.5, 0.6) is 0 Å². The average molecular weight is 385 g/mol. The number of likely N-dealkylation sites (tertiary alicyclic amines) is 1. The van der Waals surface area contributed by atoms with E-state index in [0.717, 1.165) is 0 Å². The minimum absolute atomic E-state index is 0.130. The highest BCUT2D eigenvalue weighted by Crippen LogP contribution is 2.31. The molecule has 1 amide bonds. The van der Waals surface area contributed by atoms with Crippen LogP contribution in [-0.2, 0) is 20.8 Å². The maximum atomic E-state index is 13.9. The lowest BCUT2D eigenvalue weighted by atomic mass is 10.0. The number of amides is 1. The maximum Gasteiger partial charge on any atom is 0.275 e. The Hall–Kier alpha value is -2.71. The monoisotopic (exact) mass is 385 g/mol. The fraction of sp³-hybridized carbons (Fsp3) is 0.400. The van der Waals surface area contributed by atoms with Gasteiger partial charge in [-0.15, -0.1) is 0 Å². The van der Waals surface area contributed by atoms with Crippen molar-refractivity contribution in [2.45, 2.75) is 25.2 Å². The summed E-state index contributed by atoms with van der Waals surface area (Å²) < 4.78 is 28.4. The molecule has 146 valence electrons. The Morgan fingerprint density at radius 2 is 1.82 bits per heavy atom. The molecule has 1 spiro atoms. The Balaban J connectivity index is 1.47. The van der Waals surface area contributed by atoms with E-state index in [4.69, 9.17) is 9.47 Å². The minimum Gasteiger partial charge on any atom is -0.347 e. The van der Waals surface area contributed by atoms with Crippen molar-refractivity contribution in [2.75, 3.05) is 26.3 Å². The smallest absolute Gasteiger partial charge is 0.275 e. The highest BCUT2D eigenvalue weighted by atomic mass is 19.1. The van der Waals surface area contributed by atoms with Gasteiger partial charge in [0.2, 0.25) is 5.91 Å². The van der Waals surface area contributed by atoms with Crippen LogP contribution in [0.25, 0.3) is 16.6 Å². The second-order valence-electron chi connectivity index (χ2n) is 7.28. The standard InChI is InChI=1S/C20H20FN3O4/c21-14-3-4-15-17(12-14)24(19(26)16-2-1-7-23(15)16)13-18(25)22-8-5-20(6-9-22)27-10-11-28-20/h1-4,7,12H,5-6,8-11,13H2. The van der Waals surface area contributed by atoms with Gasteiger partial charge in [0.05, 0.1) is 24.2 Å². The molecule has 1 aromatic carbocycles. The fourth-order valence-corrected chi connectivity index (χ4v) is 4.20. The third-order valence-electron chi connectivity index (χ3n) is 5.69. The second-order valence-corrected chi connectivity index (χ2v) is 7.28. The third kappa shape index (κ3) is 2.71. The lowest BCUT2D eigenvalue weighted by Crippen LogP contribution is -2.48. The van der Waals surface area contributed by atoms with Crippen molar-refractivity contribution in [1.29, 1.82) is 0 Å². The molecular formula is C20H20FN3O4. The van der Waals surface area contributed by atoms with Crippen molar-refractivity contribution >= 4 is 22.5 Å². The van der Waals surface area contributed by atoms with Crippen LogP contribution in [-0.4, -0.2) is 51.9 Å². The van der Waals surface area contributed by atoms with Crippen LogP contribution in [0.4, 0.5) is 4.39 Å². The number of hydrogen-bond acceptors (Lipinski definition) is 4. The van der Waals surface area contributed by atoms with Crippen LogP contribution in [0.3, 0.4) is 0 Å². The minimum atomic E-state index is -0.561. The van der Waals surface area contributed by atoms with Crippen LogP contribution in [0.2, 0.25) is 0 Å². The van der Waals surface area contributed by atoms with E-state index in [2.05, 4.69) is 0 Å². The molecule has 7 nitrogen and oxygen atoms in total. The summed E-state index contributed by atoms with van der Waals surface area (Å²) in [7, 11) is 0. The number of halogens is 1. The molecule has 3 aromatic rings. The number of piperidine rings is 1. The van der Waals surface area contributed by atoms with Crippen molar-refractivity contribution in [2.24, 2.45) is 0 Å². The number of carbonyl (C=O) groups excluding carboxylic acids is 1. The number of fused-ring (bicyclic) bond motifs is 3. The summed E-state index contributed by atoms with van der Waals surface area (Å²) in [5.41, 5.74) is 1.22. The molecule has 0 bridgehead atoms. The normalized spacial score (nSPS) is 19.1. The molecule has 4 heterocycles. The lowest BCUT2D eigenvalue weighted by Gasteiger charge is -2.37. The molecule has 0 saturated carbocycles. The zero-order valence-electron chi connectivity index (χ0n) is 15.3. The van der Waals surface area contributed by atoms with E-state index < -0.39 is 11.6 Å². The Morgan fingerprint density at radius 1 is 1.07 bits per heavy atom. The molecule has 0 radical (unpaired) electrons. The Kier molecular flexibility index (Phi) is 3.99. The average Bonchev–Trinajstić information content (AvgIpc) is 3.36. The van der Waals surface area contributed by atoms with E-state index in [0.29, 0.717) is 55.7 Å². The first kappa shape index (κ1) is 17.4. The first-order valence-corrected chi connectivity index (χ1v) is 9.41. The van der Waals surface area contributed by atoms with Gasteiger partial charge in [0.25, 0.3) is 5.56 Å². The Bertz CT molecular complexity index is 1120. The fourth-order valence-electron chi connectivity index (χ4n) is 4.20. The molecule has 2 aliphatic rings. The molecule has 2 saturated heterocycles. The zero-order chi connectivity index (χ0) is 19.3. The molecule has 2 aromatic heterocycles. The number of carbonyl (C=O) groups is 1. The molecule has 0 N–H and O–H groups in total. The number of aromatic nitrogens is 2. The van der Waals surface area contributed by atoms with Crippen LogP contribution in [0.15, 0.2) is 41.3 Å². The SMILES string of the molecule is O=C(Cn1c(=O)c2cccn2c2ccc(F)cc21)N1CCC2(CC1)OCCO2. The zero-order valence-corrected chi connectivity index (χ0v) is 15.3. The molecular weight excluding hydrogens is 365 g/mol. The van der Waals surface area contributed by atoms with Gasteiger partial charge in [0, 0.05) is 32.1 Å². The van der Waals surface area contributed by atoms with Crippen LogP contribution in [0, 0.1) is 5.82 Å². The molecule has 0 aliphatic carbocycles. The van der Waals surface area contributed by atoms with E-state index in [1.807, 2.05) is 0 Å². The summed E-state index contributed by atoms with van der Waals surface area (Å²) in [5.74, 6) is -1.18. The second kappa shape index (κ2) is 6.42. The van der Waals surface area contributed by atoms with Gasteiger partial charge in [-0.1, -0.05) is 0 Å². The summed E-state index contributed by atoms with van der Waals surface area (Å²) >= 11 is 0. The Labute approximate surface area is 159 Å². The van der Waals surface area contributed by atoms with Gasteiger partial charge in [0.1, 0.15) is 17.9 Å². The van der Waals surface area contributed by atoms with Gasteiger partial charge in [0.15, 0.2) is 5.79 Å². The third-order valence-corrected chi connectivity index (χ3v) is 5.69. The van der Waals surface area contributed by atoms with E-state index in [-0.39, 0.29) is 18.0 Å². The highest BCUT2D eigenvalue weighted by molar-refractivity contribution is 5.82. The number of ether oxygens (including phenoxy) is 2. The maximum absolute atomic E-state index is 13.9. The van der Waals surface area contributed by atoms with E-state index in [1.165, 1.54) is 16.7 Å². The largest absolute Gasteiger partial charge is 0.347 e. The number of benzene rings is 1. The summed E-state index contributed by atoms with van der Waals surface area (Å²) in [5, 5.41) is 0. The molecule has 2 aliphatic heterocycles. The summed E-state index contributed by atoms with van der Waals surface area (Å²) in [6, 6.07) is 7.74. The Morgan fingerprint density at radius 3 is 2.57 bits per heavy atom. The summed E-state index contributed by atoms with van der Waals surface area (Å²) in [4.78, 5) is 27.6. The molecule has 5 rings (SSSR count). The van der Waals surface area contributed by atoms with Gasteiger partial charge in [-0.05, 0) is 30.3 Å². The van der Waals surface area contributed by atoms with E-state index in [1.54, 1.807) is 33.7 Å². The quantitative estimate of drug-likeness (QED) is 0.674. The highest BCUT2D eigenvalue weighted by Gasteiger charge is 2.40. The van der Waals surface area contributed by atoms with Crippen molar-refractivity contribution in [3.63, 3.8) is 0 Å². The van der Waals surface area contributed by atoms with Crippen molar-refractivity contribution in [1.82, 2.24) is 13.9 Å². The van der Waals surface area contributed by atoms with Gasteiger partial charge in [-0.3, -0.25) is 14.2 Å². The van der Waals surface area contributed by atoms with Crippen LogP contribution in [0.1, 0.15) is 12.8 Å². The topological polar surface area (TPSA) is 65.2 Å².